The number of carbonyl (C=O) groups excluding carboxylic acids is 2. The highest BCUT2D eigenvalue weighted by atomic mass is 35.5. The summed E-state index contributed by atoms with van der Waals surface area (Å²) in [6, 6.07) is 20.5. The lowest BCUT2D eigenvalue weighted by atomic mass is 10.2. The van der Waals surface area contributed by atoms with Crippen LogP contribution in [-0.2, 0) is 29.7 Å². The Balaban J connectivity index is 1.70. The minimum Gasteiger partial charge on any atom is -0.484 e. The normalized spacial score (nSPS) is 10.8. The zero-order valence-corrected chi connectivity index (χ0v) is 20.0. The van der Waals surface area contributed by atoms with Crippen molar-refractivity contribution in [1.82, 2.24) is 14.4 Å². The van der Waals surface area contributed by atoms with Crippen LogP contribution in [0.3, 0.4) is 0 Å². The van der Waals surface area contributed by atoms with Crippen molar-refractivity contribution in [3.8, 4) is 5.75 Å². The Labute approximate surface area is 200 Å². The minimum atomic E-state index is -0.244. The maximum Gasteiger partial charge on any atom is 0.261 e. The highest BCUT2D eigenvalue weighted by Gasteiger charge is 2.24. The van der Waals surface area contributed by atoms with Crippen LogP contribution >= 0.6 is 11.6 Å². The summed E-state index contributed by atoms with van der Waals surface area (Å²) in [7, 11) is 1.96. The number of carbonyl (C=O) groups is 2. The smallest absolute Gasteiger partial charge is 0.261 e. The number of rotatable bonds is 10. The van der Waals surface area contributed by atoms with Crippen LogP contribution in [0, 0.1) is 0 Å². The molecule has 0 aliphatic rings. The Kier molecular flexibility index (Phi) is 8.55. The summed E-state index contributed by atoms with van der Waals surface area (Å²) in [5.74, 6) is 0.192. The Morgan fingerprint density at radius 1 is 0.939 bits per heavy atom. The largest absolute Gasteiger partial charge is 0.484 e. The fourth-order valence-corrected chi connectivity index (χ4v) is 3.58. The Morgan fingerprint density at radius 2 is 1.64 bits per heavy atom. The van der Waals surface area contributed by atoms with Gasteiger partial charge in [0, 0.05) is 36.5 Å². The van der Waals surface area contributed by atoms with Crippen molar-refractivity contribution in [3.63, 3.8) is 0 Å². The maximum absolute atomic E-state index is 13.4. The van der Waals surface area contributed by atoms with Crippen LogP contribution < -0.4 is 4.74 Å². The third-order valence-corrected chi connectivity index (χ3v) is 5.65. The zero-order chi connectivity index (χ0) is 23.8. The first-order valence-electron chi connectivity index (χ1n) is 10.9. The number of ether oxygens (including phenoxy) is 1. The number of nitrogens with zero attached hydrogens (tertiary/aromatic N) is 3. The SMILES string of the molecule is CC(C)N(CC(=O)N(Cc1ccccc1)Cc1cccn1C)C(=O)COc1ccc(Cl)cc1. The molecule has 0 bridgehead atoms. The number of hydrogen-bond acceptors (Lipinski definition) is 3. The highest BCUT2D eigenvalue weighted by molar-refractivity contribution is 6.30. The third-order valence-electron chi connectivity index (χ3n) is 5.40. The molecule has 174 valence electrons. The van der Waals surface area contributed by atoms with Gasteiger partial charge in [0.05, 0.1) is 6.54 Å². The summed E-state index contributed by atoms with van der Waals surface area (Å²) in [5.41, 5.74) is 2.06. The molecule has 0 spiro atoms. The molecule has 0 saturated carbocycles. The molecule has 3 aromatic rings. The maximum atomic E-state index is 13.4. The van der Waals surface area contributed by atoms with Crippen LogP contribution in [0.5, 0.6) is 5.75 Å². The van der Waals surface area contributed by atoms with Crippen molar-refractivity contribution >= 4 is 23.4 Å². The summed E-state index contributed by atoms with van der Waals surface area (Å²) in [6.45, 7) is 4.55. The van der Waals surface area contributed by atoms with E-state index in [0.717, 1.165) is 11.3 Å². The van der Waals surface area contributed by atoms with Gasteiger partial charge >= 0.3 is 0 Å². The Bertz CT molecular complexity index is 1050. The average molecular weight is 468 g/mol. The molecule has 6 nitrogen and oxygen atoms in total. The van der Waals surface area contributed by atoms with Gasteiger partial charge < -0.3 is 19.1 Å². The predicted molar refractivity (Wildman–Crippen MR) is 130 cm³/mol. The van der Waals surface area contributed by atoms with Crippen LogP contribution in [0.25, 0.3) is 0 Å². The number of halogens is 1. The molecule has 0 N–H and O–H groups in total. The number of hydrogen-bond donors (Lipinski definition) is 0. The fraction of sp³-hybridized carbons (Fsp3) is 0.308. The molecule has 2 aromatic carbocycles. The molecule has 1 heterocycles. The molecule has 0 radical (unpaired) electrons. The summed E-state index contributed by atoms with van der Waals surface area (Å²) in [6.07, 6.45) is 1.96. The van der Waals surface area contributed by atoms with Gasteiger partial charge in [-0.05, 0) is 55.8 Å². The van der Waals surface area contributed by atoms with E-state index in [-0.39, 0.29) is 31.0 Å². The van der Waals surface area contributed by atoms with E-state index in [1.54, 1.807) is 34.1 Å². The lowest BCUT2D eigenvalue weighted by Crippen LogP contribution is -2.47. The minimum absolute atomic E-state index is 0.0161. The first kappa shape index (κ1) is 24.4. The summed E-state index contributed by atoms with van der Waals surface area (Å²) >= 11 is 5.90. The van der Waals surface area contributed by atoms with Gasteiger partial charge in [0.25, 0.3) is 5.91 Å². The zero-order valence-electron chi connectivity index (χ0n) is 19.3. The quantitative estimate of drug-likeness (QED) is 0.440. The van der Waals surface area contributed by atoms with Gasteiger partial charge in [-0.1, -0.05) is 41.9 Å². The fourth-order valence-electron chi connectivity index (χ4n) is 3.46. The van der Waals surface area contributed by atoms with E-state index in [1.807, 2.05) is 74.1 Å². The van der Waals surface area contributed by atoms with Gasteiger partial charge in [0.2, 0.25) is 5.91 Å². The Morgan fingerprint density at radius 3 is 2.24 bits per heavy atom. The molecular weight excluding hydrogens is 438 g/mol. The van der Waals surface area contributed by atoms with Crippen LogP contribution in [0.2, 0.25) is 5.02 Å². The first-order valence-corrected chi connectivity index (χ1v) is 11.3. The molecule has 7 heteroatoms. The van der Waals surface area contributed by atoms with E-state index < -0.39 is 0 Å². The molecule has 33 heavy (non-hydrogen) atoms. The molecule has 0 fully saturated rings. The lowest BCUT2D eigenvalue weighted by molar-refractivity contribution is -0.143. The van der Waals surface area contributed by atoms with Crippen molar-refractivity contribution in [2.75, 3.05) is 13.2 Å². The second-order valence-electron chi connectivity index (χ2n) is 8.20. The van der Waals surface area contributed by atoms with Crippen LogP contribution in [0.4, 0.5) is 0 Å². The molecule has 0 aliphatic carbocycles. The molecule has 0 aliphatic heterocycles. The number of aryl methyl sites for hydroxylation is 1. The summed E-state index contributed by atoms with van der Waals surface area (Å²) < 4.78 is 7.61. The molecular formula is C26H30ClN3O3. The topological polar surface area (TPSA) is 54.8 Å². The standard InChI is InChI=1S/C26H30ClN3O3/c1-20(2)30(26(32)19-33-24-13-11-22(27)12-14-24)18-25(31)29(16-21-8-5-4-6-9-21)17-23-10-7-15-28(23)3/h4-15,20H,16-19H2,1-3H3. The van der Waals surface area contributed by atoms with Crippen LogP contribution in [0.15, 0.2) is 72.9 Å². The van der Waals surface area contributed by atoms with Gasteiger partial charge in [-0.3, -0.25) is 9.59 Å². The summed E-state index contributed by atoms with van der Waals surface area (Å²) in [5, 5.41) is 0.597. The van der Waals surface area contributed by atoms with Crippen molar-refractivity contribution < 1.29 is 14.3 Å². The molecule has 0 atom stereocenters. The predicted octanol–water partition coefficient (Wildman–Crippen LogP) is 4.52. The van der Waals surface area contributed by atoms with Crippen LogP contribution in [-0.4, -0.2) is 45.4 Å². The van der Waals surface area contributed by atoms with E-state index in [1.165, 1.54) is 0 Å². The highest BCUT2D eigenvalue weighted by Crippen LogP contribution is 2.16. The molecule has 1 aromatic heterocycles. The second-order valence-corrected chi connectivity index (χ2v) is 8.64. The van der Waals surface area contributed by atoms with E-state index in [4.69, 9.17) is 16.3 Å². The van der Waals surface area contributed by atoms with E-state index in [0.29, 0.717) is 23.9 Å². The van der Waals surface area contributed by atoms with E-state index in [2.05, 4.69) is 0 Å². The van der Waals surface area contributed by atoms with Crippen molar-refractivity contribution in [1.29, 1.82) is 0 Å². The van der Waals surface area contributed by atoms with Gasteiger partial charge in [-0.2, -0.15) is 0 Å². The third kappa shape index (κ3) is 7.12. The Hall–Kier alpha value is -3.25. The number of aromatic nitrogens is 1. The summed E-state index contributed by atoms with van der Waals surface area (Å²) in [4.78, 5) is 29.6. The van der Waals surface area contributed by atoms with E-state index >= 15 is 0 Å². The van der Waals surface area contributed by atoms with Crippen molar-refractivity contribution in [2.24, 2.45) is 7.05 Å². The first-order chi connectivity index (χ1) is 15.8. The van der Waals surface area contributed by atoms with Crippen LogP contribution in [0.1, 0.15) is 25.1 Å². The van der Waals surface area contributed by atoms with Gasteiger partial charge in [0.1, 0.15) is 12.3 Å². The van der Waals surface area contributed by atoms with Gasteiger partial charge in [0.15, 0.2) is 6.61 Å². The van der Waals surface area contributed by atoms with Crippen molar-refractivity contribution in [2.45, 2.75) is 33.0 Å². The average Bonchev–Trinajstić information content (AvgIpc) is 3.21. The van der Waals surface area contributed by atoms with Crippen molar-refractivity contribution in [3.05, 3.63) is 89.2 Å². The number of benzene rings is 2. The lowest BCUT2D eigenvalue weighted by Gasteiger charge is -2.30. The van der Waals surface area contributed by atoms with Gasteiger partial charge in [-0.15, -0.1) is 0 Å². The van der Waals surface area contributed by atoms with E-state index in [9.17, 15) is 9.59 Å². The van der Waals surface area contributed by atoms with Gasteiger partial charge in [-0.25, -0.2) is 0 Å². The monoisotopic (exact) mass is 467 g/mol. The molecule has 3 rings (SSSR count). The molecule has 0 unspecified atom stereocenters. The number of amides is 2. The second kappa shape index (κ2) is 11.6. The molecule has 2 amide bonds. The molecule has 0 saturated heterocycles.